The number of benzene rings is 3. The van der Waals surface area contributed by atoms with Crippen LogP contribution in [-0.4, -0.2) is 18.5 Å². The van der Waals surface area contributed by atoms with Crippen molar-refractivity contribution in [1.29, 1.82) is 0 Å². The van der Waals surface area contributed by atoms with Crippen molar-refractivity contribution in [3.8, 4) is 11.1 Å². The van der Waals surface area contributed by atoms with Crippen molar-refractivity contribution in [3.63, 3.8) is 0 Å². The Kier molecular flexibility index (Phi) is 5.36. The molecule has 4 nitrogen and oxygen atoms in total. The Morgan fingerprint density at radius 2 is 1.55 bits per heavy atom. The molecule has 5 heteroatoms. The lowest BCUT2D eigenvalue weighted by molar-refractivity contribution is -0.150. The first kappa shape index (κ1) is 19.2. The van der Waals surface area contributed by atoms with Crippen LogP contribution in [0.1, 0.15) is 18.4 Å². The number of ether oxygens (including phenoxy) is 1. The number of para-hydroxylation sites is 1. The minimum Gasteiger partial charge on any atom is -0.455 e. The van der Waals surface area contributed by atoms with E-state index in [0.29, 0.717) is 23.6 Å². The van der Waals surface area contributed by atoms with Gasteiger partial charge in [0.25, 0.3) is 5.91 Å². The fourth-order valence-electron chi connectivity index (χ4n) is 3.42. The summed E-state index contributed by atoms with van der Waals surface area (Å²) in [6.07, 6.45) is 1.43. The van der Waals surface area contributed by atoms with Crippen LogP contribution in [0.15, 0.2) is 78.9 Å². The fourth-order valence-corrected chi connectivity index (χ4v) is 3.55. The molecule has 0 saturated heterocycles. The number of hydrogen-bond donors (Lipinski definition) is 1. The van der Waals surface area contributed by atoms with E-state index in [0.717, 1.165) is 16.7 Å². The Morgan fingerprint density at radius 1 is 0.897 bits per heavy atom. The van der Waals surface area contributed by atoms with E-state index in [4.69, 9.17) is 16.3 Å². The smallest absolute Gasteiger partial charge is 0.317 e. The van der Waals surface area contributed by atoms with Crippen LogP contribution in [-0.2, 0) is 19.7 Å². The lowest BCUT2D eigenvalue weighted by Gasteiger charge is -2.15. The zero-order valence-electron chi connectivity index (χ0n) is 15.7. The van der Waals surface area contributed by atoms with Crippen molar-refractivity contribution in [3.05, 3.63) is 89.4 Å². The third-order valence-electron chi connectivity index (χ3n) is 5.16. The first-order valence-electron chi connectivity index (χ1n) is 9.46. The molecule has 0 heterocycles. The highest BCUT2D eigenvalue weighted by Gasteiger charge is 2.52. The van der Waals surface area contributed by atoms with Gasteiger partial charge in [0, 0.05) is 16.3 Å². The van der Waals surface area contributed by atoms with Gasteiger partial charge in [-0.2, -0.15) is 0 Å². The molecule has 1 aliphatic carbocycles. The van der Waals surface area contributed by atoms with Crippen LogP contribution in [0.2, 0.25) is 5.02 Å². The molecule has 1 saturated carbocycles. The molecule has 29 heavy (non-hydrogen) atoms. The molecule has 0 spiro atoms. The van der Waals surface area contributed by atoms with Gasteiger partial charge in [0.2, 0.25) is 0 Å². The molecule has 0 aromatic heterocycles. The fraction of sp³-hybridized carbons (Fsp3) is 0.167. The summed E-state index contributed by atoms with van der Waals surface area (Å²) in [6.45, 7) is -0.322. The van der Waals surface area contributed by atoms with E-state index in [1.54, 1.807) is 12.1 Å². The normalized spacial score (nSPS) is 14.1. The van der Waals surface area contributed by atoms with Gasteiger partial charge in [-0.1, -0.05) is 72.3 Å². The highest BCUT2D eigenvalue weighted by Crippen LogP contribution is 2.49. The Balaban J connectivity index is 1.40. The molecule has 0 aliphatic heterocycles. The van der Waals surface area contributed by atoms with Crippen molar-refractivity contribution >= 4 is 29.2 Å². The lowest BCUT2D eigenvalue weighted by atomic mass is 9.96. The van der Waals surface area contributed by atoms with Crippen LogP contribution in [0, 0.1) is 0 Å². The lowest BCUT2D eigenvalue weighted by Crippen LogP contribution is -2.28. The molecule has 1 N–H and O–H groups in total. The molecule has 0 unspecified atom stereocenters. The molecule has 1 fully saturated rings. The highest BCUT2D eigenvalue weighted by atomic mass is 35.5. The summed E-state index contributed by atoms with van der Waals surface area (Å²) in [7, 11) is 0. The van der Waals surface area contributed by atoms with Gasteiger partial charge in [-0.05, 0) is 42.2 Å². The number of esters is 1. The van der Waals surface area contributed by atoms with Crippen LogP contribution in [0.25, 0.3) is 11.1 Å². The van der Waals surface area contributed by atoms with Gasteiger partial charge in [-0.3, -0.25) is 9.59 Å². The maximum absolute atomic E-state index is 12.6. The maximum Gasteiger partial charge on any atom is 0.317 e. The van der Waals surface area contributed by atoms with E-state index >= 15 is 0 Å². The largest absolute Gasteiger partial charge is 0.455 e. The van der Waals surface area contributed by atoms with Crippen LogP contribution >= 0.6 is 11.6 Å². The Bertz CT molecular complexity index is 1030. The third-order valence-corrected chi connectivity index (χ3v) is 5.41. The molecule has 1 amide bonds. The maximum atomic E-state index is 12.6. The predicted molar refractivity (Wildman–Crippen MR) is 114 cm³/mol. The zero-order chi connectivity index (χ0) is 20.3. The van der Waals surface area contributed by atoms with E-state index in [1.807, 2.05) is 66.7 Å². The van der Waals surface area contributed by atoms with Gasteiger partial charge >= 0.3 is 5.97 Å². The molecule has 3 aromatic rings. The van der Waals surface area contributed by atoms with Gasteiger partial charge < -0.3 is 10.1 Å². The molecule has 1 aliphatic rings. The van der Waals surface area contributed by atoms with Crippen LogP contribution in [0.5, 0.6) is 0 Å². The van der Waals surface area contributed by atoms with Crippen molar-refractivity contribution < 1.29 is 14.3 Å². The first-order valence-corrected chi connectivity index (χ1v) is 9.84. The van der Waals surface area contributed by atoms with E-state index in [1.165, 1.54) is 0 Å². The van der Waals surface area contributed by atoms with Gasteiger partial charge in [0.1, 0.15) is 0 Å². The van der Waals surface area contributed by atoms with Crippen LogP contribution in [0.3, 0.4) is 0 Å². The Labute approximate surface area is 174 Å². The van der Waals surface area contributed by atoms with E-state index in [2.05, 4.69) is 5.32 Å². The molecule has 4 rings (SSSR count). The topological polar surface area (TPSA) is 55.4 Å². The first-order chi connectivity index (χ1) is 14.1. The van der Waals surface area contributed by atoms with E-state index < -0.39 is 5.41 Å². The number of carbonyl (C=O) groups is 2. The molecule has 3 aromatic carbocycles. The van der Waals surface area contributed by atoms with Crippen molar-refractivity contribution in [1.82, 2.24) is 0 Å². The third kappa shape index (κ3) is 4.17. The second-order valence-corrected chi connectivity index (χ2v) is 7.56. The quantitative estimate of drug-likeness (QED) is 0.572. The van der Waals surface area contributed by atoms with Crippen LogP contribution in [0.4, 0.5) is 5.69 Å². The monoisotopic (exact) mass is 405 g/mol. The Morgan fingerprint density at radius 3 is 2.24 bits per heavy atom. The number of hydrogen-bond acceptors (Lipinski definition) is 3. The van der Waals surface area contributed by atoms with Gasteiger partial charge in [0.15, 0.2) is 6.61 Å². The summed E-state index contributed by atoms with van der Waals surface area (Å²) < 4.78 is 5.35. The zero-order valence-corrected chi connectivity index (χ0v) is 16.5. The number of rotatable bonds is 6. The second kappa shape index (κ2) is 8.10. The number of nitrogens with one attached hydrogen (secondary N) is 1. The second-order valence-electron chi connectivity index (χ2n) is 7.12. The van der Waals surface area contributed by atoms with Crippen molar-refractivity contribution in [2.45, 2.75) is 18.3 Å². The standard InChI is InChI=1S/C24H20ClNO3/c25-19-12-10-18(11-13-19)24(14-15-24)23(28)29-16-22(27)26-21-9-5-4-8-20(21)17-6-2-1-3-7-17/h1-13H,14-16H2,(H,26,27). The molecule has 0 atom stereocenters. The van der Waals surface area contributed by atoms with Gasteiger partial charge in [-0.15, -0.1) is 0 Å². The predicted octanol–water partition coefficient (Wildman–Crippen LogP) is 5.22. The summed E-state index contributed by atoms with van der Waals surface area (Å²) in [6, 6.07) is 24.5. The van der Waals surface area contributed by atoms with E-state index in [9.17, 15) is 9.59 Å². The van der Waals surface area contributed by atoms with Gasteiger partial charge in [0.05, 0.1) is 5.41 Å². The molecule has 146 valence electrons. The minimum absolute atomic E-state index is 0.322. The summed E-state index contributed by atoms with van der Waals surface area (Å²) in [5.74, 6) is -0.736. The van der Waals surface area contributed by atoms with Gasteiger partial charge in [-0.25, -0.2) is 0 Å². The highest BCUT2D eigenvalue weighted by molar-refractivity contribution is 6.30. The molecule has 0 radical (unpaired) electrons. The average molecular weight is 406 g/mol. The Hall–Kier alpha value is -3.11. The number of anilines is 1. The van der Waals surface area contributed by atoms with Crippen molar-refractivity contribution in [2.75, 3.05) is 11.9 Å². The average Bonchev–Trinajstić information content (AvgIpc) is 3.56. The molecular formula is C24H20ClNO3. The SMILES string of the molecule is O=C(COC(=O)C1(c2ccc(Cl)cc2)CC1)Nc1ccccc1-c1ccccc1. The van der Waals surface area contributed by atoms with E-state index in [-0.39, 0.29) is 18.5 Å². The summed E-state index contributed by atoms with van der Waals surface area (Å²) in [5, 5.41) is 3.47. The number of halogens is 1. The summed E-state index contributed by atoms with van der Waals surface area (Å²) >= 11 is 5.93. The molecule has 0 bridgehead atoms. The number of carbonyl (C=O) groups excluding carboxylic acids is 2. The summed E-state index contributed by atoms with van der Waals surface area (Å²) in [5.41, 5.74) is 2.82. The number of amides is 1. The molecular weight excluding hydrogens is 386 g/mol. The minimum atomic E-state index is -0.646. The summed E-state index contributed by atoms with van der Waals surface area (Å²) in [4.78, 5) is 25.0. The van der Waals surface area contributed by atoms with Crippen molar-refractivity contribution in [2.24, 2.45) is 0 Å². The van der Waals surface area contributed by atoms with Crippen LogP contribution < -0.4 is 5.32 Å².